The van der Waals surface area contributed by atoms with E-state index in [2.05, 4.69) is 6.07 Å². The maximum atomic E-state index is 9.54. The molecule has 6 heteroatoms. The van der Waals surface area contributed by atoms with Gasteiger partial charge >= 0.3 is 149 Å². The number of benzene rings is 2. The molecule has 1 aromatic heterocycles. The van der Waals surface area contributed by atoms with E-state index in [0.29, 0.717) is 5.56 Å². The van der Waals surface area contributed by atoms with Gasteiger partial charge in [0.25, 0.3) is 0 Å². The Bertz CT molecular complexity index is 944. The molecule has 0 unspecified atom stereocenters. The standard InChI is InChI=1S/C17H9Cl2NO2Se/c18-12-5-9(1-3-14(12)21)16-7-11(8-20)17(23-16)10-2-4-15(22)13(19)6-10/h1-7,21-22H. The van der Waals surface area contributed by atoms with Crippen molar-refractivity contribution in [1.82, 2.24) is 0 Å². The van der Waals surface area contributed by atoms with Crippen LogP contribution < -0.4 is 0 Å². The van der Waals surface area contributed by atoms with Crippen molar-refractivity contribution < 1.29 is 10.2 Å². The second kappa shape index (κ2) is 6.31. The minimum atomic E-state index is -0.105. The summed E-state index contributed by atoms with van der Waals surface area (Å²) < 4.78 is 1.90. The SMILES string of the molecule is N#Cc1cc(-c2ccc(O)c(Cl)c2)[se]c1-c1ccc(O)c(Cl)c1. The van der Waals surface area contributed by atoms with Gasteiger partial charge in [0, 0.05) is 0 Å². The Morgan fingerprint density at radius 3 is 2.00 bits per heavy atom. The molecule has 3 rings (SSSR count). The van der Waals surface area contributed by atoms with Crippen molar-refractivity contribution in [2.45, 2.75) is 0 Å². The average molecular weight is 409 g/mol. The zero-order valence-corrected chi connectivity index (χ0v) is 14.8. The summed E-state index contributed by atoms with van der Waals surface area (Å²) in [5.74, 6) is 0.0408. The number of nitrogens with zero attached hydrogens (tertiary/aromatic N) is 1. The molecule has 3 nitrogen and oxygen atoms in total. The maximum absolute atomic E-state index is 9.54. The van der Waals surface area contributed by atoms with Crippen LogP contribution in [0.2, 0.25) is 10.0 Å². The van der Waals surface area contributed by atoms with Gasteiger partial charge in [-0.25, -0.2) is 0 Å². The molecule has 2 N–H and O–H groups in total. The van der Waals surface area contributed by atoms with Crippen LogP contribution in [-0.2, 0) is 0 Å². The summed E-state index contributed by atoms with van der Waals surface area (Å²) in [5.41, 5.74) is 2.27. The summed E-state index contributed by atoms with van der Waals surface area (Å²) in [4.78, 5) is 0. The molecule has 0 fully saturated rings. The molecule has 0 radical (unpaired) electrons. The molecule has 23 heavy (non-hydrogen) atoms. The number of nitriles is 1. The van der Waals surface area contributed by atoms with Gasteiger partial charge in [0.05, 0.1) is 0 Å². The van der Waals surface area contributed by atoms with E-state index in [-0.39, 0.29) is 36.0 Å². The van der Waals surface area contributed by atoms with Crippen LogP contribution in [-0.4, -0.2) is 24.7 Å². The Labute approximate surface area is 148 Å². The van der Waals surface area contributed by atoms with Gasteiger partial charge in [0.1, 0.15) is 0 Å². The molecule has 0 amide bonds. The summed E-state index contributed by atoms with van der Waals surface area (Å²) >= 11 is 11.8. The van der Waals surface area contributed by atoms with Gasteiger partial charge in [0.2, 0.25) is 0 Å². The van der Waals surface area contributed by atoms with E-state index in [4.69, 9.17) is 23.2 Å². The Kier molecular flexibility index (Phi) is 4.39. The molecular formula is C17H9Cl2NO2Se. The van der Waals surface area contributed by atoms with E-state index in [1.165, 1.54) is 12.1 Å². The van der Waals surface area contributed by atoms with Crippen molar-refractivity contribution in [3.05, 3.63) is 58.1 Å². The first-order valence-corrected chi connectivity index (χ1v) is 8.98. The zero-order valence-electron chi connectivity index (χ0n) is 11.5. The summed E-state index contributed by atoms with van der Waals surface area (Å²) in [5, 5.41) is 29.0. The van der Waals surface area contributed by atoms with E-state index >= 15 is 0 Å². The van der Waals surface area contributed by atoms with Crippen molar-refractivity contribution in [2.75, 3.05) is 0 Å². The van der Waals surface area contributed by atoms with E-state index in [1.807, 2.05) is 6.07 Å². The third-order valence-electron chi connectivity index (χ3n) is 3.29. The topological polar surface area (TPSA) is 64.2 Å². The molecule has 0 atom stereocenters. The molecule has 0 saturated carbocycles. The van der Waals surface area contributed by atoms with Crippen molar-refractivity contribution in [2.24, 2.45) is 0 Å². The van der Waals surface area contributed by atoms with Gasteiger partial charge in [-0.3, -0.25) is 0 Å². The molecule has 1 heterocycles. The van der Waals surface area contributed by atoms with Gasteiger partial charge in [0.15, 0.2) is 0 Å². The molecular weight excluding hydrogens is 400 g/mol. The average Bonchev–Trinajstić information content (AvgIpc) is 2.97. The van der Waals surface area contributed by atoms with E-state index < -0.39 is 0 Å². The van der Waals surface area contributed by atoms with Crippen LogP contribution in [0.3, 0.4) is 0 Å². The van der Waals surface area contributed by atoms with E-state index in [9.17, 15) is 15.5 Å². The van der Waals surface area contributed by atoms with Crippen molar-refractivity contribution >= 4 is 37.7 Å². The summed E-state index contributed by atoms with van der Waals surface area (Å²) in [6.07, 6.45) is 0. The van der Waals surface area contributed by atoms with Crippen LogP contribution in [0.4, 0.5) is 0 Å². The number of aromatic hydroxyl groups is 2. The second-order valence-electron chi connectivity index (χ2n) is 4.80. The van der Waals surface area contributed by atoms with Crippen LogP contribution in [0.5, 0.6) is 11.5 Å². The van der Waals surface area contributed by atoms with Crippen molar-refractivity contribution in [3.8, 4) is 37.6 Å². The van der Waals surface area contributed by atoms with Crippen LogP contribution in [0.1, 0.15) is 5.56 Å². The van der Waals surface area contributed by atoms with E-state index in [0.717, 1.165) is 20.0 Å². The Hall–Kier alpha value is -1.89. The van der Waals surface area contributed by atoms with Crippen LogP contribution in [0.25, 0.3) is 20.0 Å². The predicted molar refractivity (Wildman–Crippen MR) is 92.3 cm³/mol. The summed E-state index contributed by atoms with van der Waals surface area (Å²) in [7, 11) is 0. The van der Waals surface area contributed by atoms with Crippen LogP contribution >= 0.6 is 23.2 Å². The van der Waals surface area contributed by atoms with Gasteiger partial charge in [-0.15, -0.1) is 0 Å². The quantitative estimate of drug-likeness (QED) is 0.605. The summed E-state index contributed by atoms with van der Waals surface area (Å²) in [6, 6.07) is 14.0. The fourth-order valence-corrected chi connectivity index (χ4v) is 4.81. The third-order valence-corrected chi connectivity index (χ3v) is 6.49. The summed E-state index contributed by atoms with van der Waals surface area (Å²) in [6.45, 7) is 0. The number of hydrogen-bond donors (Lipinski definition) is 2. The van der Waals surface area contributed by atoms with Gasteiger partial charge in [-0.2, -0.15) is 0 Å². The number of hydrogen-bond acceptors (Lipinski definition) is 3. The second-order valence-corrected chi connectivity index (χ2v) is 7.82. The molecule has 114 valence electrons. The monoisotopic (exact) mass is 409 g/mol. The Morgan fingerprint density at radius 1 is 0.870 bits per heavy atom. The number of phenols is 2. The molecule has 3 aromatic rings. The van der Waals surface area contributed by atoms with Crippen molar-refractivity contribution in [1.29, 1.82) is 5.26 Å². The first-order chi connectivity index (χ1) is 11.0. The van der Waals surface area contributed by atoms with Gasteiger partial charge in [-0.1, -0.05) is 0 Å². The number of rotatable bonds is 2. The first kappa shape index (κ1) is 16.0. The molecule has 2 aromatic carbocycles. The number of halogens is 2. The fraction of sp³-hybridized carbons (Fsp3) is 0. The molecule has 0 aliphatic rings. The van der Waals surface area contributed by atoms with Gasteiger partial charge in [-0.05, 0) is 0 Å². The fourth-order valence-electron chi connectivity index (χ4n) is 2.14. The first-order valence-electron chi connectivity index (χ1n) is 6.51. The molecule has 0 spiro atoms. The molecule has 0 saturated heterocycles. The Morgan fingerprint density at radius 2 is 1.43 bits per heavy atom. The third kappa shape index (κ3) is 3.10. The Balaban J connectivity index is 2.12. The van der Waals surface area contributed by atoms with Gasteiger partial charge < -0.3 is 0 Å². The van der Waals surface area contributed by atoms with Crippen LogP contribution in [0, 0.1) is 11.3 Å². The minimum absolute atomic E-state index is 0.0125. The molecule has 0 aliphatic carbocycles. The molecule has 0 bridgehead atoms. The zero-order chi connectivity index (χ0) is 16.6. The number of phenolic OH excluding ortho intramolecular Hbond substituents is 2. The normalized spacial score (nSPS) is 10.5. The van der Waals surface area contributed by atoms with Crippen LogP contribution in [0.15, 0.2) is 42.5 Å². The van der Waals surface area contributed by atoms with Crippen molar-refractivity contribution in [3.63, 3.8) is 0 Å². The predicted octanol–water partition coefficient (Wildman–Crippen LogP) is 4.67. The van der Waals surface area contributed by atoms with E-state index in [1.54, 1.807) is 24.3 Å². The molecule has 0 aliphatic heterocycles.